The van der Waals surface area contributed by atoms with Gasteiger partial charge in [0.15, 0.2) is 0 Å². The van der Waals surface area contributed by atoms with Crippen LogP contribution in [0.1, 0.15) is 38.5 Å². The molecule has 11 N–H and O–H groups in total. The Kier molecular flexibility index (Phi) is 21.4. The maximum atomic E-state index is 12.5. The Hall–Kier alpha value is -3.91. The van der Waals surface area contributed by atoms with E-state index in [-0.39, 0.29) is 39.0 Å². The molecule has 2 amide bonds. The molecule has 2 unspecified atom stereocenters. The average molecular weight is 650 g/mol. The van der Waals surface area contributed by atoms with Gasteiger partial charge in [0.1, 0.15) is 12.1 Å². The minimum absolute atomic E-state index is 0.0823. The minimum Gasteiger partial charge on any atom is -0.480 e. The summed E-state index contributed by atoms with van der Waals surface area (Å²) in [6.07, 6.45) is 2.26. The Bertz CT molecular complexity index is 916. The number of carbonyl (C=O) groups is 7. The predicted molar refractivity (Wildman–Crippen MR) is 157 cm³/mol. The van der Waals surface area contributed by atoms with Crippen molar-refractivity contribution in [3.8, 4) is 0 Å². The topological polar surface area (TPSA) is 306 Å². The van der Waals surface area contributed by atoms with E-state index in [0.29, 0.717) is 38.8 Å². The second-order valence-electron chi connectivity index (χ2n) is 10.4. The molecule has 19 heteroatoms. The lowest BCUT2D eigenvalue weighted by atomic mass is 10.1. The van der Waals surface area contributed by atoms with Crippen molar-refractivity contribution in [1.29, 1.82) is 0 Å². The first kappa shape index (κ1) is 41.1. The largest absolute Gasteiger partial charge is 0.480 e. The Morgan fingerprint density at radius 3 is 1.09 bits per heavy atom. The van der Waals surface area contributed by atoms with Gasteiger partial charge in [0, 0.05) is 26.2 Å². The lowest BCUT2D eigenvalue weighted by Gasteiger charge is -2.28. The number of carboxylic acids is 5. The quantitative estimate of drug-likeness (QED) is 0.0372. The molecule has 0 saturated heterocycles. The van der Waals surface area contributed by atoms with Crippen LogP contribution >= 0.6 is 0 Å². The van der Waals surface area contributed by atoms with Crippen LogP contribution in [0.2, 0.25) is 0 Å². The van der Waals surface area contributed by atoms with Crippen molar-refractivity contribution < 1.29 is 59.1 Å². The Morgan fingerprint density at radius 1 is 0.489 bits per heavy atom. The van der Waals surface area contributed by atoms with Gasteiger partial charge in [0.2, 0.25) is 11.8 Å². The van der Waals surface area contributed by atoms with E-state index < -0.39 is 86.5 Å². The first-order valence-electron chi connectivity index (χ1n) is 14.4. The minimum atomic E-state index is -1.29. The number of rotatable bonds is 28. The van der Waals surface area contributed by atoms with Crippen LogP contribution in [0, 0.1) is 0 Å². The number of nitrogens with zero attached hydrogens (tertiary/aromatic N) is 3. The van der Waals surface area contributed by atoms with Crippen LogP contribution in [-0.4, -0.2) is 166 Å². The Morgan fingerprint density at radius 2 is 0.800 bits per heavy atom. The smallest absolute Gasteiger partial charge is 0.326 e. The van der Waals surface area contributed by atoms with Gasteiger partial charge in [-0.3, -0.25) is 38.7 Å². The van der Waals surface area contributed by atoms with E-state index in [1.165, 1.54) is 14.7 Å². The molecular formula is C26H47N7O12. The second-order valence-corrected chi connectivity index (χ2v) is 10.4. The molecule has 0 rings (SSSR count). The van der Waals surface area contributed by atoms with Crippen molar-refractivity contribution in [1.82, 2.24) is 25.3 Å². The van der Waals surface area contributed by atoms with Crippen LogP contribution in [0.4, 0.5) is 0 Å². The van der Waals surface area contributed by atoms with Crippen molar-refractivity contribution in [3.63, 3.8) is 0 Å². The van der Waals surface area contributed by atoms with Crippen LogP contribution in [0.5, 0.6) is 0 Å². The summed E-state index contributed by atoms with van der Waals surface area (Å²) in [7, 11) is 0. The Labute approximate surface area is 260 Å². The van der Waals surface area contributed by atoms with Crippen LogP contribution in [0.25, 0.3) is 0 Å². The number of unbranched alkanes of at least 4 members (excludes halogenated alkanes) is 2. The molecule has 0 bridgehead atoms. The van der Waals surface area contributed by atoms with Crippen LogP contribution in [0.3, 0.4) is 0 Å². The highest BCUT2D eigenvalue weighted by Crippen LogP contribution is 2.03. The summed E-state index contributed by atoms with van der Waals surface area (Å²) < 4.78 is 0. The van der Waals surface area contributed by atoms with Gasteiger partial charge in [-0.05, 0) is 51.6 Å². The highest BCUT2D eigenvalue weighted by Gasteiger charge is 2.24. The molecule has 0 saturated carbocycles. The maximum absolute atomic E-state index is 12.5. The molecule has 0 spiro atoms. The normalized spacial score (nSPS) is 12.6. The fraction of sp³-hybridized carbons (Fsp3) is 0.731. The third kappa shape index (κ3) is 21.4. The fourth-order valence-corrected chi connectivity index (χ4v) is 4.22. The highest BCUT2D eigenvalue weighted by molar-refractivity contribution is 5.85. The highest BCUT2D eigenvalue weighted by atomic mass is 16.4. The van der Waals surface area contributed by atoms with Gasteiger partial charge >= 0.3 is 29.8 Å². The van der Waals surface area contributed by atoms with Crippen molar-refractivity contribution in [2.75, 3.05) is 72.0 Å². The molecule has 2 atom stereocenters. The third-order valence-electron chi connectivity index (χ3n) is 6.44. The zero-order chi connectivity index (χ0) is 34.4. The second kappa shape index (κ2) is 23.5. The molecule has 0 heterocycles. The van der Waals surface area contributed by atoms with E-state index in [2.05, 4.69) is 10.6 Å². The van der Waals surface area contributed by atoms with Gasteiger partial charge in [0.05, 0.1) is 32.7 Å². The number of aliphatic carboxylic acids is 5. The van der Waals surface area contributed by atoms with E-state index in [1.807, 2.05) is 0 Å². The summed E-state index contributed by atoms with van der Waals surface area (Å²) in [6, 6.07) is -2.40. The van der Waals surface area contributed by atoms with Crippen LogP contribution in [0.15, 0.2) is 0 Å². The van der Waals surface area contributed by atoms with Gasteiger partial charge in [-0.1, -0.05) is 0 Å². The monoisotopic (exact) mass is 649 g/mol. The molecule has 0 aromatic heterocycles. The lowest BCUT2D eigenvalue weighted by molar-refractivity contribution is -0.143. The molecule has 0 aliphatic heterocycles. The molecule has 45 heavy (non-hydrogen) atoms. The van der Waals surface area contributed by atoms with Crippen molar-refractivity contribution in [2.45, 2.75) is 50.6 Å². The molecule has 0 aromatic carbocycles. The summed E-state index contributed by atoms with van der Waals surface area (Å²) in [4.78, 5) is 86.1. The molecular weight excluding hydrogens is 602 g/mol. The predicted octanol–water partition coefficient (Wildman–Crippen LogP) is -3.46. The molecule has 258 valence electrons. The van der Waals surface area contributed by atoms with Crippen molar-refractivity contribution in [2.24, 2.45) is 11.5 Å². The number of carbonyl (C=O) groups excluding carboxylic acids is 2. The zero-order valence-electron chi connectivity index (χ0n) is 25.3. The summed E-state index contributed by atoms with van der Waals surface area (Å²) in [6.45, 7) is -2.46. The molecule has 0 radical (unpaired) electrons. The standard InChI is InChI=1S/C26H47N7O12/c27-7-3-1-5-18(25(42)43)29-20(34)13-32(16-23(38)39)11-9-31(15-22(36)37)10-12-33(17-24(40)41)14-21(35)30-19(26(44)45)6-2-4-8-28/h18-19H,1-17,27-28H2,(H,29,34)(H,30,35)(H,36,37)(H,38,39)(H,40,41)(H,42,43)(H,44,45). The molecule has 0 fully saturated rings. The molecule has 19 nitrogen and oxygen atoms in total. The number of carboxylic acid groups (broad SMARTS) is 5. The van der Waals surface area contributed by atoms with E-state index in [4.69, 9.17) is 11.5 Å². The third-order valence-corrected chi connectivity index (χ3v) is 6.44. The molecule has 0 aliphatic rings. The number of hydrogen-bond donors (Lipinski definition) is 9. The van der Waals surface area contributed by atoms with Crippen molar-refractivity contribution >= 4 is 41.7 Å². The summed E-state index contributed by atoms with van der Waals surface area (Å²) >= 11 is 0. The SMILES string of the molecule is NCCCCC(NC(=O)CN(CCN(CCN(CC(=O)O)CC(=O)NC(CCCCN)C(=O)O)CC(=O)O)CC(=O)O)C(=O)O. The maximum Gasteiger partial charge on any atom is 0.326 e. The first-order valence-corrected chi connectivity index (χ1v) is 14.4. The van der Waals surface area contributed by atoms with Gasteiger partial charge in [-0.2, -0.15) is 0 Å². The van der Waals surface area contributed by atoms with Gasteiger partial charge < -0.3 is 47.6 Å². The average Bonchev–Trinajstić information content (AvgIpc) is 2.92. The first-order chi connectivity index (χ1) is 21.2. The zero-order valence-corrected chi connectivity index (χ0v) is 25.3. The van der Waals surface area contributed by atoms with E-state index in [0.717, 1.165) is 0 Å². The van der Waals surface area contributed by atoms with Gasteiger partial charge in [0.25, 0.3) is 0 Å². The van der Waals surface area contributed by atoms with E-state index >= 15 is 0 Å². The van der Waals surface area contributed by atoms with Crippen LogP contribution < -0.4 is 22.1 Å². The summed E-state index contributed by atoms with van der Waals surface area (Å²) in [5, 5.41) is 51.4. The fourth-order valence-electron chi connectivity index (χ4n) is 4.22. The van der Waals surface area contributed by atoms with E-state index in [1.54, 1.807) is 0 Å². The number of amides is 2. The number of nitrogens with two attached hydrogens (primary N) is 2. The van der Waals surface area contributed by atoms with Crippen molar-refractivity contribution in [3.05, 3.63) is 0 Å². The lowest BCUT2D eigenvalue weighted by Crippen LogP contribution is -2.50. The summed E-state index contributed by atoms with van der Waals surface area (Å²) in [5.41, 5.74) is 10.8. The number of nitrogens with one attached hydrogen (secondary N) is 2. The van der Waals surface area contributed by atoms with Gasteiger partial charge in [-0.25, -0.2) is 9.59 Å². The van der Waals surface area contributed by atoms with Gasteiger partial charge in [-0.15, -0.1) is 0 Å². The summed E-state index contributed by atoms with van der Waals surface area (Å²) in [5.74, 6) is -7.84. The van der Waals surface area contributed by atoms with E-state index in [9.17, 15) is 59.1 Å². The van der Waals surface area contributed by atoms with Crippen LogP contribution in [-0.2, 0) is 33.6 Å². The Balaban J connectivity index is 5.39. The molecule has 0 aromatic rings. The molecule has 0 aliphatic carbocycles. The number of hydrogen-bond acceptors (Lipinski definition) is 12.